The Balaban J connectivity index is 1.53. The van der Waals surface area contributed by atoms with E-state index in [0.29, 0.717) is 11.8 Å². The number of hydrogen-bond acceptors (Lipinski definition) is 0. The molecule has 0 saturated heterocycles. The zero-order chi connectivity index (χ0) is 22.3. The Morgan fingerprint density at radius 3 is 1.70 bits per heavy atom. The second kappa shape index (κ2) is 6.48. The number of nitrogens with zero attached hydrogens (tertiary/aromatic N) is 1. The topological polar surface area (TPSA) is 4.93 Å². The lowest BCUT2D eigenvalue weighted by molar-refractivity contribution is 0.276. The molecule has 1 unspecified atom stereocenters. The zero-order valence-corrected chi connectivity index (χ0v) is 19.3. The molecule has 1 atom stereocenters. The molecule has 0 N–H and O–H groups in total. The van der Waals surface area contributed by atoms with E-state index in [1.807, 2.05) is 0 Å². The third-order valence-electron chi connectivity index (χ3n) is 8.29. The molecule has 0 saturated carbocycles. The van der Waals surface area contributed by atoms with Gasteiger partial charge in [0.15, 0.2) is 0 Å². The molecule has 1 aromatic heterocycles. The largest absolute Gasteiger partial charge is 0.346 e. The number of hydrogen-bond donors (Lipinski definition) is 0. The summed E-state index contributed by atoms with van der Waals surface area (Å²) in [6, 6.07) is 36.1. The molecular weight excluding hydrogens is 398 g/mol. The van der Waals surface area contributed by atoms with Crippen LogP contribution in [0.2, 0.25) is 0 Å². The van der Waals surface area contributed by atoms with Gasteiger partial charge in [0.25, 0.3) is 0 Å². The molecule has 1 heteroatoms. The molecule has 33 heavy (non-hydrogen) atoms. The summed E-state index contributed by atoms with van der Waals surface area (Å²) in [6.07, 6.45) is 0. The van der Waals surface area contributed by atoms with E-state index in [0.717, 1.165) is 0 Å². The third-order valence-corrected chi connectivity index (χ3v) is 8.29. The molecule has 160 valence electrons. The van der Waals surface area contributed by atoms with Crippen molar-refractivity contribution in [2.45, 2.75) is 25.7 Å². The van der Waals surface area contributed by atoms with Crippen LogP contribution in [0, 0.1) is 5.41 Å². The lowest BCUT2D eigenvalue weighted by Crippen LogP contribution is -2.30. The molecule has 0 aliphatic heterocycles. The first-order valence-electron chi connectivity index (χ1n) is 11.9. The van der Waals surface area contributed by atoms with Crippen molar-refractivity contribution in [1.82, 2.24) is 4.57 Å². The summed E-state index contributed by atoms with van der Waals surface area (Å²) in [5, 5.41) is 1.37. The fourth-order valence-electron chi connectivity index (χ4n) is 7.03. The highest BCUT2D eigenvalue weighted by Gasteiger charge is 2.49. The minimum Gasteiger partial charge on any atom is -0.346 e. The van der Waals surface area contributed by atoms with E-state index in [1.165, 1.54) is 55.5 Å². The van der Waals surface area contributed by atoms with Crippen LogP contribution in [-0.2, 0) is 7.05 Å². The molecular formula is C32H27N. The van der Waals surface area contributed by atoms with Crippen molar-refractivity contribution in [1.29, 1.82) is 0 Å². The van der Waals surface area contributed by atoms with Gasteiger partial charge in [-0.15, -0.1) is 0 Å². The Bertz CT molecular complexity index is 1520. The summed E-state index contributed by atoms with van der Waals surface area (Å²) in [6.45, 7) is 4.98. The zero-order valence-electron chi connectivity index (χ0n) is 19.3. The average molecular weight is 426 g/mol. The van der Waals surface area contributed by atoms with Gasteiger partial charge in [0, 0.05) is 41.0 Å². The van der Waals surface area contributed by atoms with Crippen LogP contribution in [0.4, 0.5) is 0 Å². The fourth-order valence-corrected chi connectivity index (χ4v) is 7.03. The standard InChI is InChI=1S/C32H27N/c1-32(2,29-23-15-7-4-12-20(23)21-13-5-8-16-24(21)29)30-25-17-9-6-14-22(25)28-26-18-10-11-19-27(26)33(3)31(28)30/h4-19,29-30H,1-3H3. The smallest absolute Gasteiger partial charge is 0.0486 e. The lowest BCUT2D eigenvalue weighted by Gasteiger charge is -2.40. The molecule has 7 rings (SSSR count). The van der Waals surface area contributed by atoms with Gasteiger partial charge in [-0.3, -0.25) is 0 Å². The molecule has 0 bridgehead atoms. The first kappa shape index (κ1) is 18.9. The van der Waals surface area contributed by atoms with Crippen molar-refractivity contribution in [3.8, 4) is 22.3 Å². The second-order valence-electron chi connectivity index (χ2n) is 10.3. The van der Waals surface area contributed by atoms with E-state index in [1.54, 1.807) is 0 Å². The van der Waals surface area contributed by atoms with Crippen molar-refractivity contribution >= 4 is 10.9 Å². The van der Waals surface area contributed by atoms with Crippen LogP contribution < -0.4 is 0 Å². The maximum atomic E-state index is 2.49. The van der Waals surface area contributed by atoms with Crippen molar-refractivity contribution < 1.29 is 0 Å². The first-order valence-corrected chi connectivity index (χ1v) is 11.9. The van der Waals surface area contributed by atoms with Gasteiger partial charge in [-0.1, -0.05) is 105 Å². The molecule has 0 amide bonds. The van der Waals surface area contributed by atoms with E-state index in [-0.39, 0.29) is 5.41 Å². The normalized spacial score (nSPS) is 16.5. The van der Waals surface area contributed by atoms with Gasteiger partial charge in [-0.05, 0) is 44.9 Å². The first-order chi connectivity index (χ1) is 16.1. The highest BCUT2D eigenvalue weighted by atomic mass is 15.0. The predicted octanol–water partition coefficient (Wildman–Crippen LogP) is 8.13. The summed E-state index contributed by atoms with van der Waals surface area (Å²) in [5.41, 5.74) is 12.8. The fraction of sp³-hybridized carbons (Fsp3) is 0.188. The summed E-state index contributed by atoms with van der Waals surface area (Å²) in [7, 11) is 2.26. The Kier molecular flexibility index (Phi) is 3.72. The third kappa shape index (κ3) is 2.32. The number of benzene rings is 4. The van der Waals surface area contributed by atoms with Crippen molar-refractivity contribution in [2.24, 2.45) is 12.5 Å². The van der Waals surface area contributed by atoms with Gasteiger partial charge < -0.3 is 4.57 Å². The van der Waals surface area contributed by atoms with E-state index >= 15 is 0 Å². The van der Waals surface area contributed by atoms with Crippen molar-refractivity contribution in [3.63, 3.8) is 0 Å². The Morgan fingerprint density at radius 2 is 1.06 bits per heavy atom. The van der Waals surface area contributed by atoms with E-state index in [9.17, 15) is 0 Å². The number of aromatic nitrogens is 1. The SMILES string of the molecule is Cn1c2c(c3ccccc31)-c1ccccc1C2C(C)(C)C1c2ccccc2-c2ccccc21. The van der Waals surface area contributed by atoms with Crippen LogP contribution in [0.15, 0.2) is 97.1 Å². The van der Waals surface area contributed by atoms with E-state index in [2.05, 4.69) is 123 Å². The highest BCUT2D eigenvalue weighted by Crippen LogP contribution is 2.63. The molecule has 0 spiro atoms. The maximum absolute atomic E-state index is 2.49. The predicted molar refractivity (Wildman–Crippen MR) is 138 cm³/mol. The van der Waals surface area contributed by atoms with Crippen LogP contribution in [0.5, 0.6) is 0 Å². The maximum Gasteiger partial charge on any atom is 0.0486 e. The molecule has 2 aliphatic carbocycles. The minimum absolute atomic E-state index is 0.0216. The monoisotopic (exact) mass is 425 g/mol. The minimum atomic E-state index is -0.0216. The molecule has 1 heterocycles. The van der Waals surface area contributed by atoms with Crippen LogP contribution in [0.3, 0.4) is 0 Å². The van der Waals surface area contributed by atoms with Crippen LogP contribution in [0.25, 0.3) is 33.2 Å². The average Bonchev–Trinajstić information content (AvgIpc) is 3.46. The summed E-state index contributed by atoms with van der Waals surface area (Å²) < 4.78 is 2.46. The molecule has 0 fully saturated rings. The summed E-state index contributed by atoms with van der Waals surface area (Å²) in [5.74, 6) is 0.650. The molecule has 0 radical (unpaired) electrons. The van der Waals surface area contributed by atoms with Crippen molar-refractivity contribution in [3.05, 3.63) is 119 Å². The van der Waals surface area contributed by atoms with Gasteiger partial charge in [-0.2, -0.15) is 0 Å². The Morgan fingerprint density at radius 1 is 0.576 bits per heavy atom. The summed E-state index contributed by atoms with van der Waals surface area (Å²) >= 11 is 0. The molecule has 5 aromatic rings. The van der Waals surface area contributed by atoms with Crippen molar-refractivity contribution in [2.75, 3.05) is 0 Å². The summed E-state index contributed by atoms with van der Waals surface area (Å²) in [4.78, 5) is 0. The number of aryl methyl sites for hydroxylation is 1. The quantitative estimate of drug-likeness (QED) is 0.269. The van der Waals surface area contributed by atoms with Crippen LogP contribution in [0.1, 0.15) is 48.1 Å². The molecule has 2 aliphatic rings. The Hall–Kier alpha value is -3.58. The number of rotatable bonds is 2. The van der Waals surface area contributed by atoms with E-state index < -0.39 is 0 Å². The van der Waals surface area contributed by atoms with Gasteiger partial charge in [0.1, 0.15) is 0 Å². The van der Waals surface area contributed by atoms with Gasteiger partial charge in [-0.25, -0.2) is 0 Å². The second-order valence-corrected chi connectivity index (χ2v) is 10.3. The molecule has 1 nitrogen and oxygen atoms in total. The lowest BCUT2D eigenvalue weighted by atomic mass is 9.64. The van der Waals surface area contributed by atoms with Crippen LogP contribution in [-0.4, -0.2) is 4.57 Å². The van der Waals surface area contributed by atoms with Gasteiger partial charge in [0.2, 0.25) is 0 Å². The molecule has 4 aromatic carbocycles. The van der Waals surface area contributed by atoms with Crippen LogP contribution >= 0.6 is 0 Å². The number of para-hydroxylation sites is 1. The van der Waals surface area contributed by atoms with Gasteiger partial charge in [0.05, 0.1) is 0 Å². The highest BCUT2D eigenvalue weighted by molar-refractivity contribution is 6.02. The number of fused-ring (bicyclic) bond motifs is 8. The Labute approximate surface area is 195 Å². The van der Waals surface area contributed by atoms with E-state index in [4.69, 9.17) is 0 Å². The van der Waals surface area contributed by atoms with Gasteiger partial charge >= 0.3 is 0 Å².